The van der Waals surface area contributed by atoms with E-state index in [2.05, 4.69) is 0 Å². The molecule has 0 fully saturated rings. The van der Waals surface area contributed by atoms with Crippen molar-refractivity contribution in [2.45, 2.75) is 32.9 Å². The van der Waals surface area contributed by atoms with Gasteiger partial charge in [0, 0.05) is 18.2 Å². The highest BCUT2D eigenvalue weighted by Crippen LogP contribution is 2.16. The Morgan fingerprint density at radius 3 is 2.28 bits per heavy atom. The van der Waals surface area contributed by atoms with E-state index in [-0.39, 0.29) is 24.4 Å². The lowest BCUT2D eigenvalue weighted by Crippen LogP contribution is -2.46. The first-order chi connectivity index (χ1) is 15.5. The number of nitrogens with zero attached hydrogens (tertiary/aromatic N) is 2. The van der Waals surface area contributed by atoms with Gasteiger partial charge in [-0.25, -0.2) is 0 Å². The van der Waals surface area contributed by atoms with Crippen molar-refractivity contribution in [2.75, 3.05) is 20.2 Å². The number of furan rings is 1. The average Bonchev–Trinajstić information content (AvgIpc) is 3.33. The molecule has 0 atom stereocenters. The summed E-state index contributed by atoms with van der Waals surface area (Å²) in [5.41, 5.74) is 1.67. The maximum atomic E-state index is 13.3. The monoisotopic (exact) mass is 434 g/mol. The molecule has 0 saturated heterocycles. The van der Waals surface area contributed by atoms with E-state index < -0.39 is 0 Å². The summed E-state index contributed by atoms with van der Waals surface area (Å²) >= 11 is 0. The Hall–Kier alpha value is -3.54. The molecule has 0 saturated carbocycles. The lowest BCUT2D eigenvalue weighted by Gasteiger charge is -2.30. The fourth-order valence-corrected chi connectivity index (χ4v) is 3.43. The van der Waals surface area contributed by atoms with Gasteiger partial charge >= 0.3 is 0 Å². The summed E-state index contributed by atoms with van der Waals surface area (Å²) in [5, 5.41) is 0. The van der Waals surface area contributed by atoms with E-state index in [9.17, 15) is 9.59 Å². The Bertz CT molecular complexity index is 982. The summed E-state index contributed by atoms with van der Waals surface area (Å²) < 4.78 is 10.6. The predicted octanol–water partition coefficient (Wildman–Crippen LogP) is 4.41. The first kappa shape index (κ1) is 23.1. The lowest BCUT2D eigenvalue weighted by atomic mass is 10.1. The van der Waals surface area contributed by atoms with Gasteiger partial charge in [0.25, 0.3) is 5.91 Å². The third-order valence-electron chi connectivity index (χ3n) is 5.32. The van der Waals surface area contributed by atoms with Crippen LogP contribution in [-0.4, -0.2) is 47.9 Å². The molecule has 6 heteroatoms. The maximum Gasteiger partial charge on any atom is 0.254 e. The molecule has 0 N–H and O–H groups in total. The smallest absolute Gasteiger partial charge is 0.254 e. The zero-order chi connectivity index (χ0) is 22.9. The molecule has 0 aliphatic rings. The number of amides is 2. The molecule has 1 aromatic heterocycles. The molecular formula is C26H30N2O4. The van der Waals surface area contributed by atoms with E-state index in [0.29, 0.717) is 30.2 Å². The van der Waals surface area contributed by atoms with E-state index in [1.807, 2.05) is 56.3 Å². The summed E-state index contributed by atoms with van der Waals surface area (Å²) in [6.45, 7) is 4.72. The zero-order valence-corrected chi connectivity index (χ0v) is 18.9. The lowest BCUT2D eigenvalue weighted by molar-refractivity contribution is -0.133. The van der Waals surface area contributed by atoms with Crippen LogP contribution in [0.15, 0.2) is 77.4 Å². The summed E-state index contributed by atoms with van der Waals surface area (Å²) in [6.07, 6.45) is 2.32. The summed E-state index contributed by atoms with van der Waals surface area (Å²) in [7, 11) is 1.58. The third kappa shape index (κ3) is 6.23. The van der Waals surface area contributed by atoms with Gasteiger partial charge in [0.05, 0.1) is 19.9 Å². The molecule has 0 radical (unpaired) electrons. The van der Waals surface area contributed by atoms with E-state index in [1.54, 1.807) is 47.4 Å². The van der Waals surface area contributed by atoms with Crippen LogP contribution in [0.4, 0.5) is 0 Å². The van der Waals surface area contributed by atoms with Crippen LogP contribution in [0, 0.1) is 0 Å². The maximum absolute atomic E-state index is 13.3. The minimum atomic E-state index is -0.183. The molecule has 0 aliphatic carbocycles. The van der Waals surface area contributed by atoms with Gasteiger partial charge in [-0.15, -0.1) is 0 Å². The molecule has 168 valence electrons. The number of hydrogen-bond acceptors (Lipinski definition) is 4. The SMILES string of the molecule is COc1ccc(C(=O)N(CC(=O)N(CCc2ccccc2)Cc2ccco2)C(C)C)cc1. The molecule has 0 spiro atoms. The molecule has 2 amide bonds. The molecule has 0 aliphatic heterocycles. The van der Waals surface area contributed by atoms with Crippen LogP contribution in [0.3, 0.4) is 0 Å². The van der Waals surface area contributed by atoms with E-state index >= 15 is 0 Å². The molecule has 3 aromatic rings. The van der Waals surface area contributed by atoms with Gasteiger partial charge in [0.1, 0.15) is 18.1 Å². The van der Waals surface area contributed by atoms with E-state index in [1.165, 1.54) is 0 Å². The molecule has 6 nitrogen and oxygen atoms in total. The van der Waals surface area contributed by atoms with Crippen molar-refractivity contribution < 1.29 is 18.7 Å². The van der Waals surface area contributed by atoms with Crippen molar-refractivity contribution in [3.63, 3.8) is 0 Å². The number of ether oxygens (including phenoxy) is 1. The Balaban J connectivity index is 1.73. The molecule has 2 aromatic carbocycles. The first-order valence-corrected chi connectivity index (χ1v) is 10.8. The number of hydrogen-bond donors (Lipinski definition) is 0. The van der Waals surface area contributed by atoms with Gasteiger partial charge in [-0.3, -0.25) is 9.59 Å². The van der Waals surface area contributed by atoms with E-state index in [4.69, 9.17) is 9.15 Å². The van der Waals surface area contributed by atoms with Gasteiger partial charge in [0.15, 0.2) is 0 Å². The Labute approximate surface area is 189 Å². The topological polar surface area (TPSA) is 63.0 Å². The Morgan fingerprint density at radius 1 is 0.969 bits per heavy atom. The molecule has 3 rings (SSSR count). The summed E-state index contributed by atoms with van der Waals surface area (Å²) in [6, 6.07) is 20.5. The fourth-order valence-electron chi connectivity index (χ4n) is 3.43. The summed E-state index contributed by atoms with van der Waals surface area (Å²) in [4.78, 5) is 29.8. The minimum Gasteiger partial charge on any atom is -0.497 e. The second kappa shape index (κ2) is 11.2. The minimum absolute atomic E-state index is 0.00196. The number of benzene rings is 2. The van der Waals surface area contributed by atoms with E-state index in [0.717, 1.165) is 12.0 Å². The molecule has 0 bridgehead atoms. The van der Waals surface area contributed by atoms with Crippen LogP contribution in [0.25, 0.3) is 0 Å². The highest BCUT2D eigenvalue weighted by atomic mass is 16.5. The number of methoxy groups -OCH3 is 1. The van der Waals surface area contributed by atoms with Crippen molar-refractivity contribution in [1.29, 1.82) is 0 Å². The molecular weight excluding hydrogens is 404 g/mol. The van der Waals surface area contributed by atoms with Crippen LogP contribution in [0.1, 0.15) is 35.5 Å². The Kier molecular flexibility index (Phi) is 8.08. The second-order valence-corrected chi connectivity index (χ2v) is 7.89. The quantitative estimate of drug-likeness (QED) is 0.474. The average molecular weight is 435 g/mol. The van der Waals surface area contributed by atoms with Crippen molar-refractivity contribution in [3.8, 4) is 5.75 Å². The normalized spacial score (nSPS) is 10.8. The predicted molar refractivity (Wildman–Crippen MR) is 123 cm³/mol. The zero-order valence-electron chi connectivity index (χ0n) is 18.9. The standard InChI is InChI=1S/C26H30N2O4/c1-20(2)28(26(30)22-11-13-23(31-3)14-12-22)19-25(29)27(18-24-10-7-17-32-24)16-15-21-8-5-4-6-9-21/h4-14,17,20H,15-16,18-19H2,1-3H3. The highest BCUT2D eigenvalue weighted by Gasteiger charge is 2.25. The first-order valence-electron chi connectivity index (χ1n) is 10.8. The van der Waals surface area contributed by atoms with Crippen molar-refractivity contribution in [1.82, 2.24) is 9.80 Å². The van der Waals surface area contributed by atoms with Gasteiger partial charge in [0.2, 0.25) is 5.91 Å². The van der Waals surface area contributed by atoms with Crippen LogP contribution in [0.5, 0.6) is 5.75 Å². The van der Waals surface area contributed by atoms with Crippen molar-refractivity contribution in [3.05, 3.63) is 89.9 Å². The number of rotatable bonds is 10. The largest absolute Gasteiger partial charge is 0.497 e. The number of carbonyl (C=O) groups excluding carboxylic acids is 2. The van der Waals surface area contributed by atoms with Crippen molar-refractivity contribution >= 4 is 11.8 Å². The second-order valence-electron chi connectivity index (χ2n) is 7.89. The van der Waals surface area contributed by atoms with Gasteiger partial charge in [-0.2, -0.15) is 0 Å². The number of carbonyl (C=O) groups is 2. The van der Waals surface area contributed by atoms with Crippen LogP contribution in [0.2, 0.25) is 0 Å². The van der Waals surface area contributed by atoms with Crippen LogP contribution in [-0.2, 0) is 17.8 Å². The highest BCUT2D eigenvalue weighted by molar-refractivity contribution is 5.96. The van der Waals surface area contributed by atoms with Crippen LogP contribution >= 0.6 is 0 Å². The molecule has 0 unspecified atom stereocenters. The van der Waals surface area contributed by atoms with Gasteiger partial charge < -0.3 is 19.0 Å². The molecule has 32 heavy (non-hydrogen) atoms. The molecule has 1 heterocycles. The van der Waals surface area contributed by atoms with Gasteiger partial charge in [-0.1, -0.05) is 30.3 Å². The fraction of sp³-hybridized carbons (Fsp3) is 0.308. The Morgan fingerprint density at radius 2 is 1.69 bits per heavy atom. The van der Waals surface area contributed by atoms with Gasteiger partial charge in [-0.05, 0) is 62.2 Å². The third-order valence-corrected chi connectivity index (χ3v) is 5.32. The van der Waals surface area contributed by atoms with Crippen LogP contribution < -0.4 is 4.74 Å². The summed E-state index contributed by atoms with van der Waals surface area (Å²) in [5.74, 6) is 1.09. The van der Waals surface area contributed by atoms with Crippen molar-refractivity contribution in [2.24, 2.45) is 0 Å².